The summed E-state index contributed by atoms with van der Waals surface area (Å²) in [6.45, 7) is -0.181. The van der Waals surface area contributed by atoms with Gasteiger partial charge in [-0.05, 0) is 25.7 Å². The van der Waals surface area contributed by atoms with Gasteiger partial charge in [0, 0.05) is 6.04 Å². The fourth-order valence-corrected chi connectivity index (χ4v) is 3.38. The van der Waals surface area contributed by atoms with Gasteiger partial charge in [-0.3, -0.25) is 9.59 Å². The minimum atomic E-state index is -0.503. The molecule has 2 aliphatic rings. The van der Waals surface area contributed by atoms with Crippen LogP contribution in [0.4, 0.5) is 0 Å². The van der Waals surface area contributed by atoms with Crippen LogP contribution in [-0.2, 0) is 14.3 Å². The summed E-state index contributed by atoms with van der Waals surface area (Å²) in [7, 11) is 0. The number of carbonyl (C=O) groups excluding carboxylic acids is 2. The second-order valence-electron chi connectivity index (χ2n) is 6.27. The van der Waals surface area contributed by atoms with E-state index < -0.39 is 17.8 Å². The Balaban J connectivity index is 1.94. The summed E-state index contributed by atoms with van der Waals surface area (Å²) in [4.78, 5) is 24.9. The summed E-state index contributed by atoms with van der Waals surface area (Å²) >= 11 is 16.8. The molecular formula is C17H22Cl3NO3. The molecule has 0 spiro atoms. The molecule has 2 aliphatic carbocycles. The quantitative estimate of drug-likeness (QED) is 0.554. The van der Waals surface area contributed by atoms with E-state index in [4.69, 9.17) is 39.5 Å². The number of halogens is 3. The van der Waals surface area contributed by atoms with Crippen molar-refractivity contribution >= 4 is 46.7 Å². The van der Waals surface area contributed by atoms with Crippen LogP contribution < -0.4 is 5.32 Å². The maximum Gasteiger partial charge on any atom is 0.310 e. The molecule has 1 N–H and O–H groups in total. The van der Waals surface area contributed by atoms with Crippen molar-refractivity contribution in [1.82, 2.24) is 5.32 Å². The Morgan fingerprint density at radius 3 is 2.25 bits per heavy atom. The number of hydrogen-bond acceptors (Lipinski definition) is 3. The molecule has 0 aliphatic heterocycles. The Labute approximate surface area is 157 Å². The lowest BCUT2D eigenvalue weighted by Gasteiger charge is -2.29. The first-order chi connectivity index (χ1) is 11.5. The summed E-state index contributed by atoms with van der Waals surface area (Å²) < 4.78 is 5.04. The van der Waals surface area contributed by atoms with Gasteiger partial charge in [0.15, 0.2) is 0 Å². The third-order valence-corrected chi connectivity index (χ3v) is 5.52. The molecule has 7 heteroatoms. The molecule has 0 heterocycles. The van der Waals surface area contributed by atoms with Crippen molar-refractivity contribution < 1.29 is 14.3 Å². The van der Waals surface area contributed by atoms with E-state index in [-0.39, 0.29) is 28.1 Å². The van der Waals surface area contributed by atoms with Gasteiger partial charge in [-0.2, -0.15) is 0 Å². The number of esters is 1. The molecule has 2 atom stereocenters. The number of nitrogens with one attached hydrogen (secondary N) is 1. The molecule has 134 valence electrons. The summed E-state index contributed by atoms with van der Waals surface area (Å²) in [5, 5.41) is 3.17. The van der Waals surface area contributed by atoms with Gasteiger partial charge in [-0.25, -0.2) is 0 Å². The minimum absolute atomic E-state index is 0.0646. The topological polar surface area (TPSA) is 55.4 Å². The molecular weight excluding hydrogens is 373 g/mol. The first kappa shape index (κ1) is 19.6. The zero-order chi connectivity index (χ0) is 17.5. The van der Waals surface area contributed by atoms with Gasteiger partial charge < -0.3 is 10.1 Å². The molecule has 1 saturated carbocycles. The Hall–Kier alpha value is -0.710. The normalized spacial score (nSPS) is 24.3. The predicted octanol–water partition coefficient (Wildman–Crippen LogP) is 4.45. The highest BCUT2D eigenvalue weighted by Gasteiger charge is 2.36. The van der Waals surface area contributed by atoms with E-state index >= 15 is 0 Å². The fraction of sp³-hybridized carbons (Fsp3) is 0.647. The van der Waals surface area contributed by atoms with E-state index in [0.717, 1.165) is 25.7 Å². The first-order valence-corrected chi connectivity index (χ1v) is 9.44. The maximum atomic E-state index is 12.6. The van der Waals surface area contributed by atoms with Crippen LogP contribution in [0.15, 0.2) is 21.7 Å². The highest BCUT2D eigenvalue weighted by Crippen LogP contribution is 2.29. The van der Waals surface area contributed by atoms with E-state index in [1.165, 1.54) is 6.42 Å². The van der Waals surface area contributed by atoms with Crippen molar-refractivity contribution in [3.63, 3.8) is 0 Å². The lowest BCUT2D eigenvalue weighted by Crippen LogP contribution is -2.44. The van der Waals surface area contributed by atoms with Gasteiger partial charge in [0.2, 0.25) is 5.91 Å². The Kier molecular flexibility index (Phi) is 7.92. The van der Waals surface area contributed by atoms with Crippen LogP contribution in [0.1, 0.15) is 44.9 Å². The summed E-state index contributed by atoms with van der Waals surface area (Å²) in [6, 6.07) is 0.223. The van der Waals surface area contributed by atoms with Crippen molar-refractivity contribution in [1.29, 1.82) is 0 Å². The van der Waals surface area contributed by atoms with E-state index in [1.807, 2.05) is 12.2 Å². The highest BCUT2D eigenvalue weighted by molar-refractivity contribution is 6.59. The molecule has 0 saturated heterocycles. The van der Waals surface area contributed by atoms with E-state index in [9.17, 15) is 9.59 Å². The van der Waals surface area contributed by atoms with Crippen LogP contribution >= 0.6 is 34.8 Å². The smallest absolute Gasteiger partial charge is 0.310 e. The van der Waals surface area contributed by atoms with Gasteiger partial charge >= 0.3 is 5.97 Å². The van der Waals surface area contributed by atoms with Crippen LogP contribution in [0.5, 0.6) is 0 Å². The number of amides is 1. The largest absolute Gasteiger partial charge is 0.460 e. The monoisotopic (exact) mass is 393 g/mol. The highest BCUT2D eigenvalue weighted by atomic mass is 35.5. The van der Waals surface area contributed by atoms with Gasteiger partial charge in [0.05, 0.1) is 16.9 Å². The molecule has 0 bridgehead atoms. The third kappa shape index (κ3) is 5.68. The average molecular weight is 395 g/mol. The number of ether oxygens (including phenoxy) is 1. The molecule has 24 heavy (non-hydrogen) atoms. The lowest BCUT2D eigenvalue weighted by molar-refractivity contribution is -0.152. The van der Waals surface area contributed by atoms with Crippen molar-refractivity contribution in [2.75, 3.05) is 6.61 Å². The molecule has 1 amide bonds. The second-order valence-corrected chi connectivity index (χ2v) is 7.68. The van der Waals surface area contributed by atoms with Crippen LogP contribution in [0.3, 0.4) is 0 Å². The lowest BCUT2D eigenvalue weighted by atomic mass is 9.82. The number of rotatable bonds is 5. The van der Waals surface area contributed by atoms with Gasteiger partial charge in [-0.1, -0.05) is 66.2 Å². The standard InChI is InChI=1S/C17H22Cl3NO3/c18-14(15(19)20)10-24-17(23)13-9-5-4-8-12(13)16(22)21-11-6-2-1-3-7-11/h4-5,11-13H,1-3,6-10H2,(H,21,22)/t12-,13+/m1/s1. The molecule has 4 nitrogen and oxygen atoms in total. The molecule has 0 aromatic rings. The average Bonchev–Trinajstić information content (AvgIpc) is 2.60. The van der Waals surface area contributed by atoms with E-state index in [0.29, 0.717) is 12.8 Å². The van der Waals surface area contributed by atoms with Crippen molar-refractivity contribution in [2.24, 2.45) is 11.8 Å². The van der Waals surface area contributed by atoms with Crippen LogP contribution in [0, 0.1) is 11.8 Å². The number of hydrogen-bond donors (Lipinski definition) is 1. The number of allylic oxidation sites excluding steroid dienone is 2. The van der Waals surface area contributed by atoms with Gasteiger partial charge in [0.1, 0.15) is 11.1 Å². The van der Waals surface area contributed by atoms with Crippen molar-refractivity contribution in [3.05, 3.63) is 21.7 Å². The van der Waals surface area contributed by atoms with Gasteiger partial charge in [0.25, 0.3) is 0 Å². The minimum Gasteiger partial charge on any atom is -0.460 e. The van der Waals surface area contributed by atoms with Crippen LogP contribution in [-0.4, -0.2) is 24.5 Å². The molecule has 1 fully saturated rings. The summed E-state index contributed by atoms with van der Waals surface area (Å²) in [5.74, 6) is -1.42. The molecule has 0 aromatic carbocycles. The summed E-state index contributed by atoms with van der Waals surface area (Å²) in [5.41, 5.74) is 0. The fourth-order valence-electron chi connectivity index (χ4n) is 3.22. The van der Waals surface area contributed by atoms with Crippen molar-refractivity contribution in [3.8, 4) is 0 Å². The van der Waals surface area contributed by atoms with Crippen LogP contribution in [0.25, 0.3) is 0 Å². The number of carbonyl (C=O) groups is 2. The Morgan fingerprint density at radius 1 is 1.00 bits per heavy atom. The Morgan fingerprint density at radius 2 is 1.62 bits per heavy atom. The molecule has 2 rings (SSSR count). The maximum absolute atomic E-state index is 12.6. The second kappa shape index (κ2) is 9.69. The zero-order valence-corrected chi connectivity index (χ0v) is 15.7. The van der Waals surface area contributed by atoms with Gasteiger partial charge in [-0.15, -0.1) is 0 Å². The third-order valence-electron chi connectivity index (χ3n) is 4.57. The zero-order valence-electron chi connectivity index (χ0n) is 13.4. The van der Waals surface area contributed by atoms with Crippen LogP contribution in [0.2, 0.25) is 0 Å². The predicted molar refractivity (Wildman–Crippen MR) is 95.9 cm³/mol. The van der Waals surface area contributed by atoms with E-state index in [2.05, 4.69) is 5.32 Å². The molecule has 0 radical (unpaired) electrons. The van der Waals surface area contributed by atoms with Crippen molar-refractivity contribution in [2.45, 2.75) is 51.0 Å². The molecule has 0 unspecified atom stereocenters. The Bertz CT molecular complexity index is 523. The van der Waals surface area contributed by atoms with E-state index in [1.54, 1.807) is 0 Å². The molecule has 0 aromatic heterocycles. The SMILES string of the molecule is O=C(OCC(Cl)=C(Cl)Cl)[C@H]1CC=CC[C@H]1C(=O)NC1CCCCC1. The first-order valence-electron chi connectivity index (χ1n) is 8.30. The summed E-state index contributed by atoms with van der Waals surface area (Å²) in [6.07, 6.45) is 10.4.